The van der Waals surface area contributed by atoms with Crippen LogP contribution in [0, 0.1) is 50.7 Å². The molecule has 0 heterocycles. The highest BCUT2D eigenvalue weighted by Crippen LogP contribution is 2.56. The fourth-order valence-corrected chi connectivity index (χ4v) is 5.06. The van der Waals surface area contributed by atoms with Crippen LogP contribution in [0.25, 0.3) is 0 Å². The van der Waals surface area contributed by atoms with Crippen molar-refractivity contribution in [1.82, 2.24) is 0 Å². The van der Waals surface area contributed by atoms with Crippen LogP contribution in [0.1, 0.15) is 88.5 Å². The lowest BCUT2D eigenvalue weighted by Gasteiger charge is -2.42. The van der Waals surface area contributed by atoms with Crippen LogP contribution < -0.4 is 0 Å². The Hall–Kier alpha value is -3.86. The summed E-state index contributed by atoms with van der Waals surface area (Å²) in [5.41, 5.74) is 3.51. The second-order valence-corrected chi connectivity index (χ2v) is 11.6. The van der Waals surface area contributed by atoms with Crippen molar-refractivity contribution in [2.75, 3.05) is 0 Å². The molecular weight excluding hydrogens is 428 g/mol. The van der Waals surface area contributed by atoms with E-state index in [0.717, 1.165) is 22.3 Å². The molecular formula is C31H32N4. The fourth-order valence-electron chi connectivity index (χ4n) is 5.06. The largest absolute Gasteiger partial charge is 0.197 e. The molecule has 2 aromatic rings. The quantitative estimate of drug-likeness (QED) is 0.439. The SMILES string of the molecule is CC(C)(C)c1ccc([C@H]2CC(=C(C#N)C#N)C[C@@H](c3ccc(C(C)(C)C)cc3)C2(C#N)C#N)cc1. The lowest BCUT2D eigenvalue weighted by Crippen LogP contribution is -2.37. The topological polar surface area (TPSA) is 95.2 Å². The van der Waals surface area contributed by atoms with E-state index in [-0.39, 0.29) is 16.4 Å². The first-order valence-corrected chi connectivity index (χ1v) is 12.0. The van der Waals surface area contributed by atoms with Crippen molar-refractivity contribution < 1.29 is 0 Å². The first-order valence-electron chi connectivity index (χ1n) is 12.0. The second kappa shape index (κ2) is 9.41. The van der Waals surface area contributed by atoms with Crippen molar-refractivity contribution in [3.8, 4) is 24.3 Å². The highest BCUT2D eigenvalue weighted by atomic mass is 14.5. The third kappa shape index (κ3) is 4.85. The molecule has 176 valence electrons. The molecule has 0 spiro atoms. The van der Waals surface area contributed by atoms with Gasteiger partial charge in [-0.1, -0.05) is 90.1 Å². The minimum atomic E-state index is -1.33. The summed E-state index contributed by atoms with van der Waals surface area (Å²) < 4.78 is 0. The maximum absolute atomic E-state index is 10.5. The van der Waals surface area contributed by atoms with Crippen molar-refractivity contribution in [3.63, 3.8) is 0 Å². The molecule has 3 rings (SSSR count). The summed E-state index contributed by atoms with van der Waals surface area (Å²) in [6.07, 6.45) is 0.673. The van der Waals surface area contributed by atoms with Gasteiger partial charge in [0.05, 0.1) is 12.1 Å². The number of hydrogen-bond donors (Lipinski definition) is 0. The van der Waals surface area contributed by atoms with E-state index >= 15 is 0 Å². The van der Waals surface area contributed by atoms with Crippen LogP contribution in [-0.4, -0.2) is 0 Å². The van der Waals surface area contributed by atoms with Crippen molar-refractivity contribution in [2.45, 2.75) is 77.0 Å². The molecule has 4 heteroatoms. The Balaban J connectivity index is 2.22. The standard InChI is InChI=1S/C31H32N4/c1-29(2,3)25-11-7-21(8-12-25)27-15-23(24(17-32)18-33)16-28(31(27,19-34)20-35)22-9-13-26(14-10-22)30(4,5)6/h7-14,27-28H,15-16H2,1-6H3/t27-,28+. The van der Waals surface area contributed by atoms with Crippen LogP contribution in [0.5, 0.6) is 0 Å². The fraction of sp³-hybridized carbons (Fsp3) is 0.419. The Kier molecular flexibility index (Phi) is 6.93. The van der Waals surface area contributed by atoms with Gasteiger partial charge in [-0.05, 0) is 51.5 Å². The molecule has 1 saturated carbocycles. The van der Waals surface area contributed by atoms with Gasteiger partial charge < -0.3 is 0 Å². The van der Waals surface area contributed by atoms with E-state index in [1.807, 2.05) is 36.4 Å². The molecule has 0 bridgehead atoms. The number of nitriles is 4. The Bertz CT molecular complexity index is 1180. The van der Waals surface area contributed by atoms with Crippen LogP contribution in [-0.2, 0) is 10.8 Å². The zero-order valence-electron chi connectivity index (χ0n) is 21.5. The van der Waals surface area contributed by atoms with Gasteiger partial charge in [0.25, 0.3) is 0 Å². The molecule has 0 N–H and O–H groups in total. The third-order valence-corrected chi connectivity index (χ3v) is 7.31. The maximum Gasteiger partial charge on any atom is 0.158 e. The molecule has 2 atom stereocenters. The van der Waals surface area contributed by atoms with Gasteiger partial charge in [-0.2, -0.15) is 21.0 Å². The lowest BCUT2D eigenvalue weighted by molar-refractivity contribution is 0.288. The lowest BCUT2D eigenvalue weighted by atomic mass is 9.56. The van der Waals surface area contributed by atoms with Crippen LogP contribution in [0.2, 0.25) is 0 Å². The Labute approximate surface area is 209 Å². The van der Waals surface area contributed by atoms with Crippen molar-refractivity contribution >= 4 is 0 Å². The summed E-state index contributed by atoms with van der Waals surface area (Å²) in [5.74, 6) is -0.918. The van der Waals surface area contributed by atoms with Gasteiger partial charge in [0.15, 0.2) is 5.41 Å². The average Bonchev–Trinajstić information content (AvgIpc) is 2.83. The van der Waals surface area contributed by atoms with Crippen LogP contribution in [0.15, 0.2) is 59.7 Å². The molecule has 0 unspecified atom stereocenters. The molecule has 1 aliphatic rings. The van der Waals surface area contributed by atoms with Crippen LogP contribution in [0.3, 0.4) is 0 Å². The van der Waals surface area contributed by atoms with Gasteiger partial charge in [-0.3, -0.25) is 0 Å². The predicted molar refractivity (Wildman–Crippen MR) is 137 cm³/mol. The van der Waals surface area contributed by atoms with Gasteiger partial charge in [-0.25, -0.2) is 0 Å². The highest BCUT2D eigenvalue weighted by molar-refractivity contribution is 5.49. The summed E-state index contributed by atoms with van der Waals surface area (Å²) in [6, 6.07) is 25.1. The van der Waals surface area contributed by atoms with Gasteiger partial charge in [-0.15, -0.1) is 0 Å². The van der Waals surface area contributed by atoms with Gasteiger partial charge >= 0.3 is 0 Å². The first kappa shape index (κ1) is 25.8. The van der Waals surface area contributed by atoms with E-state index in [9.17, 15) is 21.0 Å². The first-order chi connectivity index (χ1) is 16.4. The molecule has 0 amide bonds. The monoisotopic (exact) mass is 460 g/mol. The minimum absolute atomic E-state index is 0.0240. The summed E-state index contributed by atoms with van der Waals surface area (Å²) in [4.78, 5) is 0. The minimum Gasteiger partial charge on any atom is -0.197 e. The van der Waals surface area contributed by atoms with Gasteiger partial charge in [0.2, 0.25) is 0 Å². The van der Waals surface area contributed by atoms with E-state index < -0.39 is 17.3 Å². The van der Waals surface area contributed by atoms with Crippen molar-refractivity contribution in [1.29, 1.82) is 21.0 Å². The zero-order chi connectivity index (χ0) is 26.0. The second-order valence-electron chi connectivity index (χ2n) is 11.6. The van der Waals surface area contributed by atoms with Crippen LogP contribution in [0.4, 0.5) is 0 Å². The molecule has 1 aliphatic carbocycles. The van der Waals surface area contributed by atoms with Crippen LogP contribution >= 0.6 is 0 Å². The number of hydrogen-bond acceptors (Lipinski definition) is 4. The zero-order valence-corrected chi connectivity index (χ0v) is 21.5. The number of allylic oxidation sites excluding steroid dienone is 2. The van der Waals surface area contributed by atoms with E-state index in [4.69, 9.17) is 0 Å². The average molecular weight is 461 g/mol. The summed E-state index contributed by atoms with van der Waals surface area (Å²) in [6.45, 7) is 12.8. The number of nitrogens with zero attached hydrogens (tertiary/aromatic N) is 4. The number of benzene rings is 2. The van der Waals surface area contributed by atoms with E-state index in [1.165, 1.54) is 0 Å². The molecule has 4 nitrogen and oxygen atoms in total. The van der Waals surface area contributed by atoms with E-state index in [0.29, 0.717) is 18.4 Å². The summed E-state index contributed by atoms with van der Waals surface area (Å²) in [7, 11) is 0. The van der Waals surface area contributed by atoms with Gasteiger partial charge in [0.1, 0.15) is 17.7 Å². The molecule has 0 aliphatic heterocycles. The third-order valence-electron chi connectivity index (χ3n) is 7.31. The normalized spacial score (nSPS) is 19.5. The van der Waals surface area contributed by atoms with Crippen molar-refractivity contribution in [2.24, 2.45) is 5.41 Å². The molecule has 1 fully saturated rings. The molecule has 2 aromatic carbocycles. The summed E-state index contributed by atoms with van der Waals surface area (Å²) in [5, 5.41) is 40.2. The highest BCUT2D eigenvalue weighted by Gasteiger charge is 2.52. The smallest absolute Gasteiger partial charge is 0.158 e. The van der Waals surface area contributed by atoms with E-state index in [1.54, 1.807) is 0 Å². The molecule has 0 aromatic heterocycles. The predicted octanol–water partition coefficient (Wildman–Crippen LogP) is 7.32. The van der Waals surface area contributed by atoms with Crippen molar-refractivity contribution in [3.05, 3.63) is 81.9 Å². The van der Waals surface area contributed by atoms with Gasteiger partial charge in [0, 0.05) is 11.8 Å². The Morgan fingerprint density at radius 1 is 0.657 bits per heavy atom. The number of rotatable bonds is 2. The molecule has 0 radical (unpaired) electrons. The van der Waals surface area contributed by atoms with E-state index in [2.05, 4.69) is 77.9 Å². The maximum atomic E-state index is 10.5. The Morgan fingerprint density at radius 2 is 1.00 bits per heavy atom. The molecule has 0 saturated heterocycles. The summed E-state index contributed by atoms with van der Waals surface area (Å²) >= 11 is 0. The molecule has 35 heavy (non-hydrogen) atoms. The Morgan fingerprint density at radius 3 is 1.26 bits per heavy atom.